The Hall–Kier alpha value is -1.09. The minimum absolute atomic E-state index is 0.108. The number of para-hydroxylation sites is 1. The molecule has 0 saturated heterocycles. The summed E-state index contributed by atoms with van der Waals surface area (Å²) in [5.41, 5.74) is 6.86. The van der Waals surface area contributed by atoms with E-state index in [0.29, 0.717) is 24.1 Å². The van der Waals surface area contributed by atoms with Gasteiger partial charge < -0.3 is 10.6 Å². The first kappa shape index (κ1) is 16.3. The van der Waals surface area contributed by atoms with E-state index < -0.39 is 0 Å². The lowest BCUT2D eigenvalue weighted by Crippen LogP contribution is -2.61. The first-order chi connectivity index (χ1) is 10.1. The first-order valence-electron chi connectivity index (χ1n) is 8.29. The largest absolute Gasteiger partial charge is 0.362 e. The number of nitrogens with two attached hydrogens (primary N) is 1. The van der Waals surface area contributed by atoms with Crippen molar-refractivity contribution >= 4 is 5.69 Å². The summed E-state index contributed by atoms with van der Waals surface area (Å²) < 4.78 is 14.3. The molecule has 2 rings (SSSR count). The van der Waals surface area contributed by atoms with Crippen LogP contribution in [0.5, 0.6) is 0 Å². The summed E-state index contributed by atoms with van der Waals surface area (Å²) in [6, 6.07) is 7.11. The fourth-order valence-electron chi connectivity index (χ4n) is 4.30. The number of halogens is 1. The molecule has 1 saturated carbocycles. The first-order valence-corrected chi connectivity index (χ1v) is 8.29. The van der Waals surface area contributed by atoms with E-state index in [4.69, 9.17) is 5.73 Å². The summed E-state index contributed by atoms with van der Waals surface area (Å²) in [4.78, 5) is 2.24. The molecule has 2 atom stereocenters. The van der Waals surface area contributed by atoms with Crippen molar-refractivity contribution in [2.75, 3.05) is 18.0 Å². The van der Waals surface area contributed by atoms with Gasteiger partial charge in [0.2, 0.25) is 0 Å². The maximum Gasteiger partial charge on any atom is 0.146 e. The average molecular weight is 292 g/mol. The predicted molar refractivity (Wildman–Crippen MR) is 88.0 cm³/mol. The van der Waals surface area contributed by atoms with Crippen LogP contribution in [0.2, 0.25) is 0 Å². The summed E-state index contributed by atoms with van der Waals surface area (Å²) in [6.45, 7) is 8.04. The van der Waals surface area contributed by atoms with E-state index in [9.17, 15) is 4.39 Å². The van der Waals surface area contributed by atoms with E-state index in [0.717, 1.165) is 13.0 Å². The van der Waals surface area contributed by atoms with Crippen molar-refractivity contribution in [3.05, 3.63) is 30.1 Å². The van der Waals surface area contributed by atoms with Gasteiger partial charge in [0.1, 0.15) is 5.82 Å². The highest BCUT2D eigenvalue weighted by Crippen LogP contribution is 2.44. The highest BCUT2D eigenvalue weighted by atomic mass is 19.1. The van der Waals surface area contributed by atoms with Crippen LogP contribution in [0.15, 0.2) is 24.3 Å². The highest BCUT2D eigenvalue weighted by Gasteiger charge is 2.45. The van der Waals surface area contributed by atoms with Gasteiger partial charge in [-0.15, -0.1) is 0 Å². The molecule has 1 aromatic carbocycles. The second kappa shape index (κ2) is 6.78. The molecule has 0 aliphatic heterocycles. The topological polar surface area (TPSA) is 29.3 Å². The van der Waals surface area contributed by atoms with Crippen LogP contribution in [0.1, 0.15) is 46.5 Å². The van der Waals surface area contributed by atoms with Crippen LogP contribution in [0, 0.1) is 17.7 Å². The summed E-state index contributed by atoms with van der Waals surface area (Å²) in [5, 5.41) is 0. The second-order valence-corrected chi connectivity index (χ2v) is 6.60. The molecule has 3 heteroatoms. The van der Waals surface area contributed by atoms with Crippen LogP contribution in [0.3, 0.4) is 0 Å². The van der Waals surface area contributed by atoms with E-state index in [1.54, 1.807) is 12.1 Å². The normalized spacial score (nSPS) is 26.1. The van der Waals surface area contributed by atoms with Crippen LogP contribution in [0.25, 0.3) is 0 Å². The smallest absolute Gasteiger partial charge is 0.146 e. The summed E-state index contributed by atoms with van der Waals surface area (Å²) in [6.07, 6.45) is 4.71. The third kappa shape index (κ3) is 2.94. The number of rotatable bonds is 5. The van der Waals surface area contributed by atoms with Crippen molar-refractivity contribution < 1.29 is 4.39 Å². The quantitative estimate of drug-likeness (QED) is 0.881. The molecule has 0 spiro atoms. The van der Waals surface area contributed by atoms with Crippen molar-refractivity contribution in [3.63, 3.8) is 0 Å². The molecule has 0 bridgehead atoms. The summed E-state index contributed by atoms with van der Waals surface area (Å²) in [7, 11) is 0. The Morgan fingerprint density at radius 3 is 2.62 bits per heavy atom. The molecule has 118 valence electrons. The Balaban J connectivity index is 2.47. The van der Waals surface area contributed by atoms with Crippen LogP contribution in [-0.4, -0.2) is 18.6 Å². The molecule has 2 unspecified atom stereocenters. The van der Waals surface area contributed by atoms with Crippen LogP contribution >= 0.6 is 0 Å². The molecule has 21 heavy (non-hydrogen) atoms. The van der Waals surface area contributed by atoms with Crippen molar-refractivity contribution in [2.45, 2.75) is 52.0 Å². The van der Waals surface area contributed by atoms with Gasteiger partial charge in [0, 0.05) is 13.1 Å². The van der Waals surface area contributed by atoms with Gasteiger partial charge in [-0.25, -0.2) is 4.39 Å². The molecule has 1 fully saturated rings. The Bertz CT molecular complexity index is 460. The van der Waals surface area contributed by atoms with Gasteiger partial charge >= 0.3 is 0 Å². The SMILES string of the molecule is CCN(c1ccccc1F)C1(CN)CCCCC1C(C)C. The van der Waals surface area contributed by atoms with Crippen LogP contribution in [0.4, 0.5) is 10.1 Å². The van der Waals surface area contributed by atoms with Crippen molar-refractivity contribution in [3.8, 4) is 0 Å². The van der Waals surface area contributed by atoms with Gasteiger partial charge in [-0.2, -0.15) is 0 Å². The lowest BCUT2D eigenvalue weighted by atomic mass is 9.66. The molecule has 2 nitrogen and oxygen atoms in total. The van der Waals surface area contributed by atoms with E-state index in [2.05, 4.69) is 25.7 Å². The van der Waals surface area contributed by atoms with Gasteiger partial charge in [-0.1, -0.05) is 38.8 Å². The Morgan fingerprint density at radius 2 is 2.05 bits per heavy atom. The van der Waals surface area contributed by atoms with E-state index >= 15 is 0 Å². The fraction of sp³-hybridized carbons (Fsp3) is 0.667. The lowest BCUT2D eigenvalue weighted by molar-refractivity contribution is 0.137. The van der Waals surface area contributed by atoms with Crippen molar-refractivity contribution in [2.24, 2.45) is 17.6 Å². The Kier molecular flexibility index (Phi) is 5.26. The maximum absolute atomic E-state index is 14.3. The molecule has 1 aliphatic carbocycles. The highest BCUT2D eigenvalue weighted by molar-refractivity contribution is 5.51. The third-order valence-electron chi connectivity index (χ3n) is 5.22. The van der Waals surface area contributed by atoms with Crippen molar-refractivity contribution in [1.29, 1.82) is 0 Å². The number of hydrogen-bond donors (Lipinski definition) is 1. The Labute approximate surface area is 128 Å². The van der Waals surface area contributed by atoms with Gasteiger partial charge in [-0.3, -0.25) is 0 Å². The molecular weight excluding hydrogens is 263 g/mol. The van der Waals surface area contributed by atoms with E-state index in [1.165, 1.54) is 19.3 Å². The maximum atomic E-state index is 14.3. The zero-order chi connectivity index (χ0) is 15.5. The van der Waals surface area contributed by atoms with Gasteiger partial charge in [-0.05, 0) is 43.7 Å². The lowest BCUT2D eigenvalue weighted by Gasteiger charge is -2.53. The monoisotopic (exact) mass is 292 g/mol. The predicted octanol–water partition coefficient (Wildman–Crippen LogP) is 4.20. The van der Waals surface area contributed by atoms with Gasteiger partial charge in [0.05, 0.1) is 11.2 Å². The number of likely N-dealkylation sites (N-methyl/N-ethyl adjacent to an activating group) is 1. The minimum Gasteiger partial charge on any atom is -0.362 e. The molecule has 0 heterocycles. The summed E-state index contributed by atoms with van der Waals surface area (Å²) >= 11 is 0. The zero-order valence-electron chi connectivity index (χ0n) is 13.6. The van der Waals surface area contributed by atoms with Crippen LogP contribution in [-0.2, 0) is 0 Å². The minimum atomic E-state index is -0.139. The average Bonchev–Trinajstić information content (AvgIpc) is 2.50. The fourth-order valence-corrected chi connectivity index (χ4v) is 4.30. The second-order valence-electron chi connectivity index (χ2n) is 6.60. The molecular formula is C18H29FN2. The van der Waals surface area contributed by atoms with E-state index in [-0.39, 0.29) is 11.4 Å². The van der Waals surface area contributed by atoms with Crippen LogP contribution < -0.4 is 10.6 Å². The number of benzene rings is 1. The molecule has 1 aliphatic rings. The third-order valence-corrected chi connectivity index (χ3v) is 5.22. The number of nitrogens with zero attached hydrogens (tertiary/aromatic N) is 1. The van der Waals surface area contributed by atoms with Gasteiger partial charge in [0.15, 0.2) is 0 Å². The molecule has 2 N–H and O–H groups in total. The van der Waals surface area contributed by atoms with E-state index in [1.807, 2.05) is 12.1 Å². The van der Waals surface area contributed by atoms with Gasteiger partial charge in [0.25, 0.3) is 0 Å². The molecule has 0 amide bonds. The zero-order valence-corrected chi connectivity index (χ0v) is 13.6. The Morgan fingerprint density at radius 1 is 1.33 bits per heavy atom. The standard InChI is InChI=1S/C18H29FN2/c1-4-21(17-11-6-5-10-16(17)19)18(13-20)12-8-7-9-15(18)14(2)3/h5-6,10-11,14-15H,4,7-9,12-13,20H2,1-3H3. The van der Waals surface area contributed by atoms with Crippen molar-refractivity contribution in [1.82, 2.24) is 0 Å². The number of anilines is 1. The molecule has 0 radical (unpaired) electrons. The molecule has 1 aromatic rings. The molecule has 0 aromatic heterocycles. The number of hydrogen-bond acceptors (Lipinski definition) is 2. The summed E-state index contributed by atoms with van der Waals surface area (Å²) in [5.74, 6) is 0.950.